The van der Waals surface area contributed by atoms with E-state index in [1.165, 1.54) is 51.8 Å². The second-order valence-corrected chi connectivity index (χ2v) is 25.7. The first-order chi connectivity index (χ1) is 40.3. The van der Waals surface area contributed by atoms with Crippen molar-refractivity contribution in [2.45, 2.75) is 209 Å². The lowest BCUT2D eigenvalue weighted by Gasteiger charge is -2.35. The van der Waals surface area contributed by atoms with E-state index >= 15 is 9.59 Å². The Morgan fingerprint density at radius 2 is 0.640 bits per heavy atom. The Kier molecular flexibility index (Phi) is 25.3. The summed E-state index contributed by atoms with van der Waals surface area (Å²) in [5.41, 5.74) is 5.29. The van der Waals surface area contributed by atoms with Crippen LogP contribution in [0.25, 0.3) is 0 Å². The van der Waals surface area contributed by atoms with Crippen LogP contribution in [0.15, 0.2) is 73.3 Å². The third kappa shape index (κ3) is 19.3. The molecule has 472 valence electrons. The fourth-order valence-electron chi connectivity index (χ4n) is 10.4. The van der Waals surface area contributed by atoms with Crippen LogP contribution in [0, 0.1) is 23.7 Å². The predicted octanol–water partition coefficient (Wildman–Crippen LogP) is 8.40. The van der Waals surface area contributed by atoms with Crippen LogP contribution in [0.4, 0.5) is 0 Å². The summed E-state index contributed by atoms with van der Waals surface area (Å²) in [4.78, 5) is 123. The highest BCUT2D eigenvalue weighted by Crippen LogP contribution is 2.25. The van der Waals surface area contributed by atoms with E-state index in [9.17, 15) is 28.8 Å². The molecule has 0 saturated carbocycles. The van der Waals surface area contributed by atoms with Crippen molar-refractivity contribution < 1.29 is 57.3 Å². The van der Waals surface area contributed by atoms with Crippen molar-refractivity contribution in [3.05, 3.63) is 107 Å². The first-order valence-corrected chi connectivity index (χ1v) is 30.4. The summed E-state index contributed by atoms with van der Waals surface area (Å²) in [7, 11) is 5.60. The minimum Gasteiger partial charge on any atom is -0.451 e. The van der Waals surface area contributed by atoms with E-state index in [1.54, 1.807) is 0 Å². The number of carbonyl (C=O) groups excluding carboxylic acids is 8. The van der Waals surface area contributed by atoms with Crippen molar-refractivity contribution in [3.63, 3.8) is 0 Å². The summed E-state index contributed by atoms with van der Waals surface area (Å²) in [6.07, 6.45) is 1.67. The van der Waals surface area contributed by atoms with Gasteiger partial charge in [0.2, 0.25) is 0 Å². The van der Waals surface area contributed by atoms with Crippen LogP contribution in [-0.4, -0.2) is 163 Å². The summed E-state index contributed by atoms with van der Waals surface area (Å²) in [6, 6.07) is 9.70. The lowest BCUT2D eigenvalue weighted by molar-refractivity contribution is -0.176. The van der Waals surface area contributed by atoms with Gasteiger partial charge in [0, 0.05) is 53.4 Å². The van der Waals surface area contributed by atoms with E-state index in [4.69, 9.17) is 18.9 Å². The van der Waals surface area contributed by atoms with E-state index in [0.717, 1.165) is 32.1 Å². The maximum Gasteiger partial charge on any atom is 0.329 e. The standard InChI is InChI=1S/C66H96N8O12/c1-39(2)27-53-63(79)83-45(13)59(75)69(15)56(30-42(7)8)66(82)86-58(32-48-21-25-50(26-22-48)36-74-38-52(34-68-74)44(11)12)62(78)72(18)54(28-40(3)4)64(80)84-46(14)60(76)70(16)55(29-41(5)6)65(81)85-57(61(77)71(53)17)31-47-19-23-49(24-20-47)35-73-37-51(33-67-73)43(9)10/h19-26,33-34,37-46,53-58H,27-32,35-36H2,1-18H3/t45-,46-,53+,54+,55+,56+,57-,58-/m1/s1. The van der Waals surface area contributed by atoms with Gasteiger partial charge < -0.3 is 38.5 Å². The van der Waals surface area contributed by atoms with Gasteiger partial charge in [-0.3, -0.25) is 28.5 Å². The number of carbonyl (C=O) groups is 8. The van der Waals surface area contributed by atoms with Crippen molar-refractivity contribution in [2.75, 3.05) is 28.2 Å². The lowest BCUT2D eigenvalue weighted by Crippen LogP contribution is -2.55. The number of benzene rings is 2. The molecule has 86 heavy (non-hydrogen) atoms. The maximum atomic E-state index is 15.1. The number of nitrogens with zero attached hydrogens (tertiary/aromatic N) is 8. The molecule has 8 atom stereocenters. The summed E-state index contributed by atoms with van der Waals surface area (Å²) < 4.78 is 28.0. The molecule has 2 aromatic heterocycles. The second kappa shape index (κ2) is 31.3. The highest BCUT2D eigenvalue weighted by molar-refractivity contribution is 5.94. The van der Waals surface area contributed by atoms with Crippen LogP contribution in [0.5, 0.6) is 0 Å². The van der Waals surface area contributed by atoms with Gasteiger partial charge >= 0.3 is 23.9 Å². The molecule has 3 heterocycles. The molecule has 1 saturated heterocycles. The van der Waals surface area contributed by atoms with Gasteiger partial charge in [0.15, 0.2) is 24.4 Å². The van der Waals surface area contributed by atoms with Gasteiger partial charge in [-0.05, 0) is 108 Å². The molecule has 5 rings (SSSR count). The van der Waals surface area contributed by atoms with Crippen LogP contribution in [-0.2, 0) is 83.2 Å². The van der Waals surface area contributed by atoms with Crippen molar-refractivity contribution >= 4 is 47.5 Å². The Labute approximate surface area is 509 Å². The van der Waals surface area contributed by atoms with Gasteiger partial charge in [0.1, 0.15) is 24.2 Å². The Bertz CT molecular complexity index is 2720. The molecule has 0 N–H and O–H groups in total. The zero-order chi connectivity index (χ0) is 64.0. The molecule has 0 unspecified atom stereocenters. The summed E-state index contributed by atoms with van der Waals surface area (Å²) in [6.45, 7) is 26.9. The maximum absolute atomic E-state index is 15.1. The average molecular weight is 1190 g/mol. The van der Waals surface area contributed by atoms with E-state index in [0.29, 0.717) is 36.1 Å². The minimum absolute atomic E-state index is 0.0827. The quantitative estimate of drug-likeness (QED) is 0.0674. The van der Waals surface area contributed by atoms with Crippen LogP contribution >= 0.6 is 0 Å². The normalized spacial score (nSPS) is 22.6. The van der Waals surface area contributed by atoms with Gasteiger partial charge in [0.25, 0.3) is 23.6 Å². The molecule has 20 heteroatoms. The number of esters is 4. The Balaban J connectivity index is 1.58. The van der Waals surface area contributed by atoms with Gasteiger partial charge in [-0.15, -0.1) is 0 Å². The zero-order valence-electron chi connectivity index (χ0n) is 54.1. The van der Waals surface area contributed by atoms with Gasteiger partial charge in [0.05, 0.1) is 25.5 Å². The third-order valence-corrected chi connectivity index (χ3v) is 15.7. The molecule has 20 nitrogen and oxygen atoms in total. The van der Waals surface area contributed by atoms with Crippen LogP contribution in [0.3, 0.4) is 0 Å². The fraction of sp³-hybridized carbons (Fsp3) is 0.606. The number of likely N-dealkylation sites (N-methyl/N-ethyl adjacent to an activating group) is 4. The molecule has 1 aliphatic heterocycles. The molecule has 4 aromatic rings. The van der Waals surface area contributed by atoms with E-state index in [1.807, 2.05) is 138 Å². The Hall–Kier alpha value is -7.38. The molecule has 1 fully saturated rings. The smallest absolute Gasteiger partial charge is 0.329 e. The van der Waals surface area contributed by atoms with Gasteiger partial charge in [-0.2, -0.15) is 10.2 Å². The average Bonchev–Trinajstić information content (AvgIpc) is 2.58. The lowest BCUT2D eigenvalue weighted by atomic mass is 9.99. The van der Waals surface area contributed by atoms with Crippen molar-refractivity contribution in [2.24, 2.45) is 23.7 Å². The topological polar surface area (TPSA) is 222 Å². The van der Waals surface area contributed by atoms with Gasteiger partial charge in [-0.25, -0.2) is 19.2 Å². The third-order valence-electron chi connectivity index (χ3n) is 15.7. The fourth-order valence-corrected chi connectivity index (χ4v) is 10.4. The minimum atomic E-state index is -1.54. The summed E-state index contributed by atoms with van der Waals surface area (Å²) >= 11 is 0. The van der Waals surface area contributed by atoms with Crippen LogP contribution < -0.4 is 0 Å². The zero-order valence-corrected chi connectivity index (χ0v) is 54.1. The molecule has 1 aliphatic rings. The molecular formula is C66H96N8O12. The van der Waals surface area contributed by atoms with E-state index in [2.05, 4.69) is 37.9 Å². The molecular weight excluding hydrogens is 1100 g/mol. The number of hydrogen-bond donors (Lipinski definition) is 0. The molecule has 2 aromatic carbocycles. The van der Waals surface area contributed by atoms with Crippen molar-refractivity contribution in [1.82, 2.24) is 39.2 Å². The Morgan fingerprint density at radius 1 is 0.384 bits per heavy atom. The SMILES string of the molecule is CC(C)C[C@H]1C(=O)O[C@H](Cc2ccc(Cn3cc(C(C)C)cn3)cc2)C(=O)N(C)[C@@H](CC(C)C)C(=O)O[C@H](C)C(=O)N(C)[C@@H](CC(C)C)C(=O)O[C@H](Cc2ccc(Cn3cc(C(C)C)cn3)cc2)C(=O)N(C)[C@@H](CC(C)C)C(=O)O[C@H](C)C(=O)N1C. The first kappa shape index (κ1) is 69.4. The van der Waals surface area contributed by atoms with E-state index in [-0.39, 0.29) is 62.2 Å². The predicted molar refractivity (Wildman–Crippen MR) is 326 cm³/mol. The van der Waals surface area contributed by atoms with Crippen LogP contribution in [0.1, 0.15) is 168 Å². The Morgan fingerprint density at radius 3 is 0.895 bits per heavy atom. The number of aromatic nitrogens is 4. The monoisotopic (exact) mass is 1190 g/mol. The molecule has 4 amide bonds. The molecule has 0 radical (unpaired) electrons. The summed E-state index contributed by atoms with van der Waals surface area (Å²) in [5.74, 6) is -6.81. The highest BCUT2D eigenvalue weighted by Gasteiger charge is 2.43. The largest absolute Gasteiger partial charge is 0.451 e. The number of ether oxygens (including phenoxy) is 4. The second-order valence-electron chi connectivity index (χ2n) is 25.7. The number of cyclic esters (lactones) is 4. The molecule has 0 aliphatic carbocycles. The number of rotatable bonds is 18. The molecule has 0 bridgehead atoms. The first-order valence-electron chi connectivity index (χ1n) is 30.4. The van der Waals surface area contributed by atoms with Gasteiger partial charge in [-0.1, -0.05) is 132 Å². The van der Waals surface area contributed by atoms with Crippen molar-refractivity contribution in [3.8, 4) is 0 Å². The number of hydrogen-bond acceptors (Lipinski definition) is 14. The van der Waals surface area contributed by atoms with E-state index < -0.39 is 96.1 Å². The molecule has 0 spiro atoms. The van der Waals surface area contributed by atoms with Crippen molar-refractivity contribution in [1.29, 1.82) is 0 Å². The highest BCUT2D eigenvalue weighted by atomic mass is 16.6. The van der Waals surface area contributed by atoms with Crippen LogP contribution in [0.2, 0.25) is 0 Å². The number of amides is 4. The summed E-state index contributed by atoms with van der Waals surface area (Å²) in [5, 5.41) is 9.00.